The number of thioether (sulfide) groups is 1. The van der Waals surface area contributed by atoms with Gasteiger partial charge in [-0.2, -0.15) is 4.68 Å². The fraction of sp³-hybridized carbons (Fsp3) is 0.242. The summed E-state index contributed by atoms with van der Waals surface area (Å²) in [6, 6.07) is 31.1. The van der Waals surface area contributed by atoms with Crippen molar-refractivity contribution < 1.29 is 19.7 Å². The Labute approximate surface area is 254 Å². The van der Waals surface area contributed by atoms with Gasteiger partial charge in [0.2, 0.25) is 5.16 Å². The van der Waals surface area contributed by atoms with Crippen molar-refractivity contribution in [1.29, 1.82) is 0 Å². The van der Waals surface area contributed by atoms with Gasteiger partial charge in [0.1, 0.15) is 5.75 Å². The SMILES string of the molecule is C[C@@H]1[C@H](CSc2nnnn2-c2ccc(O)cc2)O[C@H](c2ccc(-c3cccc(CN)c3)cc2)O[C@@H]1c1ccc(CO)cc1. The molecular weight excluding hydrogens is 562 g/mol. The lowest BCUT2D eigenvalue weighted by Gasteiger charge is -2.41. The van der Waals surface area contributed by atoms with E-state index in [2.05, 4.69) is 46.7 Å². The number of hydrogen-bond donors (Lipinski definition) is 3. The van der Waals surface area contributed by atoms with Crippen LogP contribution in [0.15, 0.2) is 102 Å². The average molecular weight is 596 g/mol. The second kappa shape index (κ2) is 13.1. The molecule has 1 aliphatic heterocycles. The molecule has 9 nitrogen and oxygen atoms in total. The number of aliphatic hydroxyl groups excluding tert-OH is 1. The van der Waals surface area contributed by atoms with Gasteiger partial charge < -0.3 is 25.4 Å². The monoisotopic (exact) mass is 595 g/mol. The van der Waals surface area contributed by atoms with Gasteiger partial charge in [0.15, 0.2) is 6.29 Å². The van der Waals surface area contributed by atoms with Crippen molar-refractivity contribution in [3.63, 3.8) is 0 Å². The highest BCUT2D eigenvalue weighted by atomic mass is 32.2. The first-order valence-electron chi connectivity index (χ1n) is 14.1. The molecule has 43 heavy (non-hydrogen) atoms. The van der Waals surface area contributed by atoms with Crippen molar-refractivity contribution in [3.8, 4) is 22.6 Å². The van der Waals surface area contributed by atoms with E-state index in [0.717, 1.165) is 39.1 Å². The number of phenolic OH excluding ortho intramolecular Hbond substituents is 1. The molecule has 5 aromatic rings. The van der Waals surface area contributed by atoms with Crippen LogP contribution in [0.5, 0.6) is 5.75 Å². The van der Waals surface area contributed by atoms with Crippen LogP contribution in [-0.2, 0) is 22.6 Å². The maximum Gasteiger partial charge on any atom is 0.214 e. The number of hydrogen-bond acceptors (Lipinski definition) is 9. The summed E-state index contributed by atoms with van der Waals surface area (Å²) < 4.78 is 14.9. The highest BCUT2D eigenvalue weighted by Crippen LogP contribution is 2.43. The predicted molar refractivity (Wildman–Crippen MR) is 164 cm³/mol. The van der Waals surface area contributed by atoms with Crippen LogP contribution in [0, 0.1) is 5.92 Å². The molecule has 0 radical (unpaired) electrons. The molecule has 0 saturated carbocycles. The standard InChI is InChI=1S/C33H33N5O4S/c1-21-30(20-43-33-35-36-37-38(33)28-13-15-29(40)16-14-28)41-32(42-31(21)25-7-5-22(19-39)6-8-25)26-11-9-24(10-12-26)27-4-2-3-23(17-27)18-34/h2-17,21,30-32,39-40H,18-20,34H2,1H3/t21-,30+,31+,32+/m1/s1. The van der Waals surface area contributed by atoms with Crippen molar-refractivity contribution in [1.82, 2.24) is 20.2 Å². The van der Waals surface area contributed by atoms with Crippen molar-refractivity contribution in [3.05, 3.63) is 119 Å². The molecule has 220 valence electrons. The van der Waals surface area contributed by atoms with Gasteiger partial charge in [-0.1, -0.05) is 85.4 Å². The zero-order valence-corrected chi connectivity index (χ0v) is 24.5. The Kier molecular flexibility index (Phi) is 8.82. The highest BCUT2D eigenvalue weighted by molar-refractivity contribution is 7.99. The molecule has 4 atom stereocenters. The van der Waals surface area contributed by atoms with Crippen molar-refractivity contribution in [2.45, 2.75) is 43.7 Å². The van der Waals surface area contributed by atoms with E-state index in [1.165, 1.54) is 11.8 Å². The van der Waals surface area contributed by atoms with Gasteiger partial charge in [-0.25, -0.2) is 0 Å². The van der Waals surface area contributed by atoms with Crippen LogP contribution in [0.3, 0.4) is 0 Å². The molecule has 1 saturated heterocycles. The zero-order valence-electron chi connectivity index (χ0n) is 23.7. The summed E-state index contributed by atoms with van der Waals surface area (Å²) in [6.07, 6.45) is -0.995. The van der Waals surface area contributed by atoms with E-state index in [4.69, 9.17) is 15.2 Å². The molecule has 1 aromatic heterocycles. The van der Waals surface area contributed by atoms with Crippen LogP contribution in [0.4, 0.5) is 0 Å². The minimum atomic E-state index is -0.582. The molecule has 6 rings (SSSR count). The van der Waals surface area contributed by atoms with E-state index >= 15 is 0 Å². The fourth-order valence-corrected chi connectivity index (χ4v) is 6.26. The molecule has 0 aliphatic carbocycles. The Bertz CT molecular complexity index is 1640. The number of benzene rings is 4. The number of ether oxygens (including phenoxy) is 2. The normalized spacial score (nSPS) is 20.3. The molecule has 0 spiro atoms. The molecule has 4 N–H and O–H groups in total. The van der Waals surface area contributed by atoms with Crippen LogP contribution in [-0.4, -0.2) is 42.3 Å². The van der Waals surface area contributed by atoms with Gasteiger partial charge in [0, 0.05) is 23.8 Å². The third-order valence-electron chi connectivity index (χ3n) is 7.71. The molecule has 0 unspecified atom stereocenters. The number of nitrogens with two attached hydrogens (primary N) is 1. The van der Waals surface area contributed by atoms with Crippen LogP contribution >= 0.6 is 11.8 Å². The Morgan fingerprint density at radius 2 is 1.60 bits per heavy atom. The molecule has 0 bridgehead atoms. The number of aliphatic hydroxyl groups is 1. The maximum atomic E-state index is 9.68. The number of aromatic hydroxyl groups is 1. The summed E-state index contributed by atoms with van der Waals surface area (Å²) in [7, 11) is 0. The lowest BCUT2D eigenvalue weighted by Crippen LogP contribution is -2.38. The van der Waals surface area contributed by atoms with Crippen molar-refractivity contribution in [2.75, 3.05) is 5.75 Å². The summed E-state index contributed by atoms with van der Waals surface area (Å²) >= 11 is 1.51. The van der Waals surface area contributed by atoms with Crippen LogP contribution < -0.4 is 5.73 Å². The minimum absolute atomic E-state index is 0.0113. The lowest BCUT2D eigenvalue weighted by molar-refractivity contribution is -0.268. The highest BCUT2D eigenvalue weighted by Gasteiger charge is 2.38. The quantitative estimate of drug-likeness (QED) is 0.187. The van der Waals surface area contributed by atoms with E-state index in [9.17, 15) is 10.2 Å². The summed E-state index contributed by atoms with van der Waals surface area (Å²) in [6.45, 7) is 2.61. The third-order valence-corrected chi connectivity index (χ3v) is 8.72. The van der Waals surface area contributed by atoms with Gasteiger partial charge in [0.25, 0.3) is 0 Å². The van der Waals surface area contributed by atoms with Crippen LogP contribution in [0.25, 0.3) is 16.8 Å². The van der Waals surface area contributed by atoms with Crippen LogP contribution in [0.1, 0.15) is 41.6 Å². The second-order valence-corrected chi connectivity index (χ2v) is 11.5. The van der Waals surface area contributed by atoms with Crippen LogP contribution in [0.2, 0.25) is 0 Å². The Hall–Kier alpha value is -4.06. The van der Waals surface area contributed by atoms with E-state index in [0.29, 0.717) is 17.5 Å². The first kappa shape index (κ1) is 29.0. The largest absolute Gasteiger partial charge is 0.508 e. The van der Waals surface area contributed by atoms with E-state index in [-0.39, 0.29) is 30.5 Å². The summed E-state index contributed by atoms with van der Waals surface area (Å²) in [5.41, 5.74) is 12.7. The smallest absolute Gasteiger partial charge is 0.214 e. The molecule has 2 heterocycles. The Morgan fingerprint density at radius 3 is 2.33 bits per heavy atom. The lowest BCUT2D eigenvalue weighted by atomic mass is 9.91. The summed E-state index contributed by atoms with van der Waals surface area (Å²) in [5, 5.41) is 32.1. The summed E-state index contributed by atoms with van der Waals surface area (Å²) in [4.78, 5) is 0. The molecule has 1 fully saturated rings. The first-order valence-corrected chi connectivity index (χ1v) is 15.1. The topological polar surface area (TPSA) is 129 Å². The van der Waals surface area contributed by atoms with Crippen molar-refractivity contribution >= 4 is 11.8 Å². The predicted octanol–water partition coefficient (Wildman–Crippen LogP) is 5.57. The average Bonchev–Trinajstić information content (AvgIpc) is 3.53. The number of rotatable bonds is 9. The second-order valence-electron chi connectivity index (χ2n) is 10.5. The number of phenols is 1. The zero-order chi connectivity index (χ0) is 29.8. The molecule has 1 aliphatic rings. The first-order chi connectivity index (χ1) is 21.0. The Morgan fingerprint density at radius 1 is 0.860 bits per heavy atom. The number of nitrogens with zero attached hydrogens (tertiary/aromatic N) is 4. The third kappa shape index (κ3) is 6.48. The fourth-order valence-electron chi connectivity index (χ4n) is 5.20. The van der Waals surface area contributed by atoms with Gasteiger partial charge >= 0.3 is 0 Å². The minimum Gasteiger partial charge on any atom is -0.508 e. The summed E-state index contributed by atoms with van der Waals surface area (Å²) in [5.74, 6) is 0.783. The van der Waals surface area contributed by atoms with Gasteiger partial charge in [0.05, 0.1) is 24.5 Å². The molecule has 10 heteroatoms. The van der Waals surface area contributed by atoms with E-state index in [1.54, 1.807) is 28.9 Å². The van der Waals surface area contributed by atoms with Gasteiger partial charge in [-0.3, -0.25) is 0 Å². The molecular formula is C33H33N5O4S. The van der Waals surface area contributed by atoms with E-state index < -0.39 is 6.29 Å². The molecule has 4 aromatic carbocycles. The van der Waals surface area contributed by atoms with Gasteiger partial charge in [-0.15, -0.1) is 5.10 Å². The number of tetrazole rings is 1. The number of aromatic nitrogens is 4. The Balaban J connectivity index is 1.25. The maximum absolute atomic E-state index is 9.68. The van der Waals surface area contributed by atoms with Crippen molar-refractivity contribution in [2.24, 2.45) is 11.7 Å². The van der Waals surface area contributed by atoms with E-state index in [1.807, 2.05) is 48.5 Å². The van der Waals surface area contributed by atoms with Gasteiger partial charge in [-0.05, 0) is 68.6 Å². The molecule has 0 amide bonds.